The Morgan fingerprint density at radius 3 is 2.38 bits per heavy atom. The van der Waals surface area contributed by atoms with Crippen molar-refractivity contribution in [3.8, 4) is 17.2 Å². The number of benzene rings is 3. The molecule has 1 saturated carbocycles. The zero-order valence-corrected chi connectivity index (χ0v) is 29.3. The molecule has 1 aromatic heterocycles. The number of imide groups is 2. The van der Waals surface area contributed by atoms with Gasteiger partial charge >= 0.3 is 0 Å². The van der Waals surface area contributed by atoms with Crippen LogP contribution in [0, 0.1) is 37.9 Å². The van der Waals surface area contributed by atoms with Crippen LogP contribution >= 0.6 is 0 Å². The molecule has 1 atom stereocenters. The van der Waals surface area contributed by atoms with Crippen molar-refractivity contribution in [2.75, 3.05) is 23.3 Å². The van der Waals surface area contributed by atoms with Gasteiger partial charge in [-0.2, -0.15) is 5.26 Å². The first kappa shape index (κ1) is 34.6. The van der Waals surface area contributed by atoms with Crippen LogP contribution in [0.5, 0.6) is 0 Å². The van der Waals surface area contributed by atoms with Gasteiger partial charge in [0.2, 0.25) is 11.8 Å². The molecule has 52 heavy (non-hydrogen) atoms. The fraction of sp³-hybridized carbons (Fsp3) is 0.350. The molecule has 2 fully saturated rings. The van der Waals surface area contributed by atoms with E-state index in [1.807, 2.05) is 13.8 Å². The Hall–Kier alpha value is -5.83. The number of rotatable bonds is 12. The predicted octanol–water partition coefficient (Wildman–Crippen LogP) is 6.78. The number of carbonyl (C=O) groups is 4. The quantitative estimate of drug-likeness (QED) is 0.120. The van der Waals surface area contributed by atoms with Crippen LogP contribution < -0.4 is 15.5 Å². The Morgan fingerprint density at radius 1 is 1.00 bits per heavy atom. The minimum absolute atomic E-state index is 0.00634. The molecule has 3 heterocycles. The topological polar surface area (TPSA) is 149 Å². The summed E-state index contributed by atoms with van der Waals surface area (Å²) in [7, 11) is 0. The Morgan fingerprint density at radius 2 is 1.73 bits per heavy atom. The number of nitrogens with one attached hydrogen (secondary N) is 2. The van der Waals surface area contributed by atoms with Crippen LogP contribution in [-0.4, -0.2) is 52.8 Å². The summed E-state index contributed by atoms with van der Waals surface area (Å²) in [4.78, 5) is 53.3. The lowest BCUT2D eigenvalue weighted by molar-refractivity contribution is -0.136. The van der Waals surface area contributed by atoms with Crippen LogP contribution in [-0.2, 0) is 15.0 Å². The first-order chi connectivity index (χ1) is 25.0. The second kappa shape index (κ2) is 13.7. The van der Waals surface area contributed by atoms with Gasteiger partial charge in [-0.1, -0.05) is 29.4 Å². The fourth-order valence-electron chi connectivity index (χ4n) is 7.31. The first-order valence-corrected chi connectivity index (χ1v) is 17.6. The Balaban J connectivity index is 1.03. The second-order valence-electron chi connectivity index (χ2n) is 13.9. The SMILES string of the molecule is Cc1ccc(-c2c(C)noc2C)cc1N(CCCCCNc1cc2c(cc1F)C(=O)N(C1CCC(=O)NC1=O)C2=O)c1ccc(C2(C#N)CC2)cc1. The molecule has 12 heteroatoms. The van der Waals surface area contributed by atoms with Crippen LogP contribution in [0.1, 0.15) is 88.2 Å². The van der Waals surface area contributed by atoms with Crippen molar-refractivity contribution in [1.82, 2.24) is 15.4 Å². The summed E-state index contributed by atoms with van der Waals surface area (Å²) >= 11 is 0. The third kappa shape index (κ3) is 6.32. The fourth-order valence-corrected chi connectivity index (χ4v) is 7.31. The largest absolute Gasteiger partial charge is 0.383 e. The zero-order valence-electron chi connectivity index (χ0n) is 29.3. The van der Waals surface area contributed by atoms with Gasteiger partial charge in [0.05, 0.1) is 34.0 Å². The normalized spacial score (nSPS) is 17.5. The molecule has 7 rings (SSSR count). The van der Waals surface area contributed by atoms with Crippen LogP contribution in [0.2, 0.25) is 0 Å². The number of nitrogens with zero attached hydrogens (tertiary/aromatic N) is 4. The Bertz CT molecular complexity index is 2130. The number of fused-ring (bicyclic) bond motifs is 1. The monoisotopic (exact) mass is 702 g/mol. The van der Waals surface area contributed by atoms with E-state index in [0.717, 1.165) is 81.7 Å². The van der Waals surface area contributed by atoms with Gasteiger partial charge in [-0.25, -0.2) is 4.39 Å². The van der Waals surface area contributed by atoms with Crippen molar-refractivity contribution < 1.29 is 28.1 Å². The number of unbranched alkanes of at least 4 members (excludes halogenated alkanes) is 2. The van der Waals surface area contributed by atoms with Crippen molar-refractivity contribution in [2.45, 2.75) is 77.2 Å². The lowest BCUT2D eigenvalue weighted by atomic mass is 9.97. The average molecular weight is 703 g/mol. The minimum Gasteiger partial charge on any atom is -0.383 e. The molecule has 0 radical (unpaired) electrons. The zero-order chi connectivity index (χ0) is 36.7. The molecule has 4 aromatic rings. The van der Waals surface area contributed by atoms with Gasteiger partial charge in [0.25, 0.3) is 11.8 Å². The van der Waals surface area contributed by atoms with Gasteiger partial charge < -0.3 is 14.7 Å². The summed E-state index contributed by atoms with van der Waals surface area (Å²) in [5.41, 5.74) is 6.68. The maximum atomic E-state index is 15.1. The average Bonchev–Trinajstić information content (AvgIpc) is 3.81. The maximum absolute atomic E-state index is 15.1. The highest BCUT2D eigenvalue weighted by molar-refractivity contribution is 6.23. The molecule has 3 aliphatic rings. The summed E-state index contributed by atoms with van der Waals surface area (Å²) in [5.74, 6) is -2.52. The maximum Gasteiger partial charge on any atom is 0.262 e. The number of hydrogen-bond acceptors (Lipinski definition) is 9. The van der Waals surface area contributed by atoms with E-state index in [9.17, 15) is 24.4 Å². The summed E-state index contributed by atoms with van der Waals surface area (Å²) < 4.78 is 20.6. The summed E-state index contributed by atoms with van der Waals surface area (Å²) in [6, 6.07) is 18.4. The van der Waals surface area contributed by atoms with E-state index >= 15 is 4.39 Å². The molecule has 11 nitrogen and oxygen atoms in total. The number of aryl methyl sites for hydroxylation is 3. The number of amides is 4. The van der Waals surface area contributed by atoms with Crippen molar-refractivity contribution in [2.24, 2.45) is 0 Å². The highest BCUT2D eigenvalue weighted by Crippen LogP contribution is 2.48. The lowest BCUT2D eigenvalue weighted by Gasteiger charge is -2.28. The standard InChI is InChI=1S/C40H39FN6O5/c1-23-7-8-26(36-24(2)45-52-25(36)3)19-34(23)46(28-11-9-27(10-12-28)40(22-42)15-16-40)18-6-4-5-17-43-32-21-30-29(20-31(32)41)38(50)47(39(30)51)33-13-14-35(48)44-37(33)49/h7-12,19-21,33,43H,4-6,13-18H2,1-3H3,(H,44,48,49). The van der Waals surface area contributed by atoms with Gasteiger partial charge in [-0.3, -0.25) is 29.4 Å². The third-order valence-electron chi connectivity index (χ3n) is 10.4. The summed E-state index contributed by atoms with van der Waals surface area (Å²) in [6.45, 7) is 7.06. The van der Waals surface area contributed by atoms with Crippen molar-refractivity contribution >= 4 is 40.7 Å². The minimum atomic E-state index is -1.11. The molecule has 1 aliphatic carbocycles. The van der Waals surface area contributed by atoms with Gasteiger partial charge in [-0.15, -0.1) is 0 Å². The van der Waals surface area contributed by atoms with Crippen LogP contribution in [0.15, 0.2) is 59.1 Å². The Labute approximate surface area is 300 Å². The van der Waals surface area contributed by atoms with E-state index in [1.165, 1.54) is 6.07 Å². The number of hydrogen-bond donors (Lipinski definition) is 2. The molecule has 4 amide bonds. The molecule has 0 spiro atoms. The van der Waals surface area contributed by atoms with E-state index in [-0.39, 0.29) is 35.1 Å². The third-order valence-corrected chi connectivity index (χ3v) is 10.4. The number of anilines is 3. The highest BCUT2D eigenvalue weighted by Gasteiger charge is 2.46. The van der Waals surface area contributed by atoms with Crippen molar-refractivity contribution in [3.05, 3.63) is 94.1 Å². The molecule has 1 unspecified atom stereocenters. The number of carbonyl (C=O) groups excluding carboxylic acids is 4. The van der Waals surface area contributed by atoms with Crippen LogP contribution in [0.25, 0.3) is 11.1 Å². The molecular formula is C40H39FN6O5. The summed E-state index contributed by atoms with van der Waals surface area (Å²) in [5, 5.41) is 19.1. The van der Waals surface area contributed by atoms with E-state index in [1.54, 1.807) is 0 Å². The molecule has 0 bridgehead atoms. The first-order valence-electron chi connectivity index (χ1n) is 17.6. The molecule has 1 saturated heterocycles. The predicted molar refractivity (Wildman–Crippen MR) is 192 cm³/mol. The molecule has 2 N–H and O–H groups in total. The van der Waals surface area contributed by atoms with E-state index in [2.05, 4.69) is 76.1 Å². The van der Waals surface area contributed by atoms with Gasteiger partial charge in [0.1, 0.15) is 17.6 Å². The molecule has 266 valence electrons. The van der Waals surface area contributed by atoms with Crippen molar-refractivity contribution in [1.29, 1.82) is 5.26 Å². The van der Waals surface area contributed by atoms with E-state index < -0.39 is 35.5 Å². The van der Waals surface area contributed by atoms with E-state index in [0.29, 0.717) is 19.5 Å². The number of halogens is 1. The van der Waals surface area contributed by atoms with Gasteiger partial charge in [0, 0.05) is 36.4 Å². The van der Waals surface area contributed by atoms with Crippen LogP contribution in [0.3, 0.4) is 0 Å². The molecule has 3 aromatic carbocycles. The van der Waals surface area contributed by atoms with Gasteiger partial charge in [0.15, 0.2) is 0 Å². The number of aromatic nitrogens is 1. The summed E-state index contributed by atoms with van der Waals surface area (Å²) in [6.07, 6.45) is 4.14. The Kier molecular flexibility index (Phi) is 9.13. The second-order valence-corrected chi connectivity index (χ2v) is 13.9. The molecular weight excluding hydrogens is 663 g/mol. The molecule has 2 aliphatic heterocycles. The number of nitriles is 1. The lowest BCUT2D eigenvalue weighted by Crippen LogP contribution is -2.54. The van der Waals surface area contributed by atoms with Gasteiger partial charge in [-0.05, 0) is 106 Å². The highest BCUT2D eigenvalue weighted by atomic mass is 19.1. The van der Waals surface area contributed by atoms with Crippen molar-refractivity contribution in [3.63, 3.8) is 0 Å². The van der Waals surface area contributed by atoms with E-state index in [4.69, 9.17) is 4.52 Å². The van der Waals surface area contributed by atoms with Crippen LogP contribution in [0.4, 0.5) is 21.5 Å². The number of piperidine rings is 1. The smallest absolute Gasteiger partial charge is 0.262 e.